The zero-order valence-corrected chi connectivity index (χ0v) is 13.2. The molecule has 2 aromatic rings. The van der Waals surface area contributed by atoms with Crippen LogP contribution in [0, 0.1) is 10.1 Å². The van der Waals surface area contributed by atoms with Gasteiger partial charge in [0.2, 0.25) is 0 Å². The van der Waals surface area contributed by atoms with Crippen LogP contribution in [-0.2, 0) is 13.2 Å². The molecule has 106 valence electrons. The lowest BCUT2D eigenvalue weighted by atomic mass is 10.2. The summed E-state index contributed by atoms with van der Waals surface area (Å²) < 4.78 is 6.53. The number of ether oxygens (including phenoxy) is 1. The predicted octanol–water partition coefficient (Wildman–Crippen LogP) is 3.72. The fraction of sp³-hybridized carbons (Fsp3) is 0.231. The Kier molecular flexibility index (Phi) is 5.11. The van der Waals surface area contributed by atoms with E-state index in [1.54, 1.807) is 24.5 Å². The van der Waals surface area contributed by atoms with Gasteiger partial charge in [0, 0.05) is 17.1 Å². The van der Waals surface area contributed by atoms with Gasteiger partial charge in [-0.15, -0.1) is 11.3 Å². The number of nitrogens with zero attached hydrogens (tertiary/aromatic N) is 1. The maximum atomic E-state index is 11.1. The van der Waals surface area contributed by atoms with Gasteiger partial charge in [-0.3, -0.25) is 10.1 Å². The van der Waals surface area contributed by atoms with Crippen LogP contribution in [0.4, 0.5) is 5.69 Å². The van der Waals surface area contributed by atoms with E-state index in [4.69, 9.17) is 4.74 Å². The van der Waals surface area contributed by atoms with Crippen molar-refractivity contribution in [3.8, 4) is 5.75 Å². The van der Waals surface area contributed by atoms with Crippen molar-refractivity contribution in [2.75, 3.05) is 7.05 Å². The topological polar surface area (TPSA) is 64.4 Å². The number of nitro groups is 1. The Morgan fingerprint density at radius 3 is 2.85 bits per heavy atom. The normalized spacial score (nSPS) is 10.5. The molecule has 0 saturated heterocycles. The van der Waals surface area contributed by atoms with Crippen molar-refractivity contribution < 1.29 is 9.66 Å². The monoisotopic (exact) mass is 356 g/mol. The van der Waals surface area contributed by atoms with Gasteiger partial charge in [-0.1, -0.05) is 6.07 Å². The fourth-order valence-electron chi connectivity index (χ4n) is 1.71. The van der Waals surface area contributed by atoms with Gasteiger partial charge in [-0.05, 0) is 46.1 Å². The first-order valence-electron chi connectivity index (χ1n) is 5.88. The first kappa shape index (κ1) is 15.0. The molecule has 0 spiro atoms. The van der Waals surface area contributed by atoms with Crippen molar-refractivity contribution in [3.05, 3.63) is 54.7 Å². The van der Waals surface area contributed by atoms with E-state index < -0.39 is 4.92 Å². The molecule has 0 radical (unpaired) electrons. The van der Waals surface area contributed by atoms with E-state index in [1.807, 2.05) is 17.5 Å². The Morgan fingerprint density at radius 2 is 2.25 bits per heavy atom. The molecule has 0 amide bonds. The molecule has 0 aliphatic carbocycles. The minimum absolute atomic E-state index is 0.00886. The van der Waals surface area contributed by atoms with Gasteiger partial charge >= 0.3 is 5.69 Å². The zero-order valence-electron chi connectivity index (χ0n) is 10.8. The molecule has 0 fully saturated rings. The number of hydrogen-bond acceptors (Lipinski definition) is 5. The molecule has 20 heavy (non-hydrogen) atoms. The third-order valence-electron chi connectivity index (χ3n) is 2.65. The summed E-state index contributed by atoms with van der Waals surface area (Å²) in [5, 5.41) is 16.0. The molecular weight excluding hydrogens is 344 g/mol. The summed E-state index contributed by atoms with van der Waals surface area (Å²) in [6.07, 6.45) is 0. The molecule has 0 bridgehead atoms. The highest BCUT2D eigenvalue weighted by Gasteiger charge is 2.16. The molecule has 5 nitrogen and oxygen atoms in total. The van der Waals surface area contributed by atoms with E-state index >= 15 is 0 Å². The van der Waals surface area contributed by atoms with Crippen molar-refractivity contribution >= 4 is 33.0 Å². The van der Waals surface area contributed by atoms with Crippen LogP contribution in [0.1, 0.15) is 10.4 Å². The maximum Gasteiger partial charge on any atom is 0.311 e. The number of halogens is 1. The average Bonchev–Trinajstić information content (AvgIpc) is 2.83. The number of nitro benzene ring substituents is 1. The molecule has 0 unspecified atom stereocenters. The van der Waals surface area contributed by atoms with Gasteiger partial charge in [0.15, 0.2) is 5.75 Å². The van der Waals surface area contributed by atoms with Crippen LogP contribution < -0.4 is 10.1 Å². The van der Waals surface area contributed by atoms with Crippen LogP contribution in [0.3, 0.4) is 0 Å². The predicted molar refractivity (Wildman–Crippen MR) is 82.2 cm³/mol. The first-order chi connectivity index (χ1) is 9.61. The van der Waals surface area contributed by atoms with Crippen LogP contribution >= 0.6 is 27.3 Å². The minimum atomic E-state index is -0.419. The highest BCUT2D eigenvalue weighted by atomic mass is 79.9. The third kappa shape index (κ3) is 3.56. The van der Waals surface area contributed by atoms with Crippen molar-refractivity contribution in [1.82, 2.24) is 5.32 Å². The number of thiophene rings is 1. The Hall–Kier alpha value is -1.44. The zero-order chi connectivity index (χ0) is 14.5. The second kappa shape index (κ2) is 6.83. The van der Waals surface area contributed by atoms with Gasteiger partial charge in [0.25, 0.3) is 0 Å². The summed E-state index contributed by atoms with van der Waals surface area (Å²) in [6, 6.07) is 6.93. The summed E-state index contributed by atoms with van der Waals surface area (Å²) in [6.45, 7) is 0.891. The average molecular weight is 357 g/mol. The van der Waals surface area contributed by atoms with E-state index in [9.17, 15) is 10.1 Å². The first-order valence-corrected chi connectivity index (χ1v) is 7.55. The fourth-order valence-corrected chi connectivity index (χ4v) is 3.09. The summed E-state index contributed by atoms with van der Waals surface area (Å²) in [7, 11) is 1.80. The molecule has 1 aromatic carbocycles. The Balaban J connectivity index is 2.18. The number of hydrogen-bond donors (Lipinski definition) is 1. The minimum Gasteiger partial charge on any atom is -0.481 e. The van der Waals surface area contributed by atoms with Crippen LogP contribution in [0.25, 0.3) is 0 Å². The smallest absolute Gasteiger partial charge is 0.311 e. The number of nitrogens with one attached hydrogen (secondary N) is 1. The summed E-state index contributed by atoms with van der Waals surface area (Å²) in [4.78, 5) is 11.7. The molecule has 0 aliphatic heterocycles. The highest BCUT2D eigenvalue weighted by Crippen LogP contribution is 2.30. The van der Waals surface area contributed by atoms with Gasteiger partial charge in [-0.2, -0.15) is 0 Å². The van der Waals surface area contributed by atoms with Gasteiger partial charge < -0.3 is 10.1 Å². The summed E-state index contributed by atoms with van der Waals surface area (Å²) in [5.74, 6) is 0.287. The van der Waals surface area contributed by atoms with Gasteiger partial charge in [-0.25, -0.2) is 0 Å². The van der Waals surface area contributed by atoms with Gasteiger partial charge in [0.1, 0.15) is 6.61 Å². The molecule has 1 aromatic heterocycles. The Morgan fingerprint density at radius 1 is 1.45 bits per heavy atom. The van der Waals surface area contributed by atoms with Crippen LogP contribution in [0.5, 0.6) is 5.75 Å². The summed E-state index contributed by atoms with van der Waals surface area (Å²) >= 11 is 4.95. The quantitative estimate of drug-likeness (QED) is 0.632. The van der Waals surface area contributed by atoms with Crippen molar-refractivity contribution in [3.63, 3.8) is 0 Å². The molecule has 0 atom stereocenters. The standard InChI is InChI=1S/C13H13BrN2O3S/c1-15-7-9-2-3-12(11(6-9)16(17)18)19-8-13-10(14)4-5-20-13/h2-6,15H,7-8H2,1H3. The molecule has 2 rings (SSSR count). The van der Waals surface area contributed by atoms with E-state index in [0.717, 1.165) is 14.9 Å². The molecular formula is C13H13BrN2O3S. The molecule has 0 saturated carbocycles. The maximum absolute atomic E-state index is 11.1. The second-order valence-electron chi connectivity index (χ2n) is 4.07. The van der Waals surface area contributed by atoms with E-state index in [2.05, 4.69) is 21.2 Å². The lowest BCUT2D eigenvalue weighted by molar-refractivity contribution is -0.386. The number of rotatable bonds is 6. The van der Waals surface area contributed by atoms with Gasteiger partial charge in [0.05, 0.1) is 9.80 Å². The molecule has 1 N–H and O–H groups in total. The van der Waals surface area contributed by atoms with Crippen molar-refractivity contribution in [1.29, 1.82) is 0 Å². The lowest BCUT2D eigenvalue weighted by Crippen LogP contribution is -2.06. The molecule has 1 heterocycles. The van der Waals surface area contributed by atoms with Crippen LogP contribution in [0.15, 0.2) is 34.1 Å². The van der Waals surface area contributed by atoms with E-state index in [1.165, 1.54) is 6.07 Å². The Bertz CT molecular complexity index is 615. The van der Waals surface area contributed by atoms with Crippen molar-refractivity contribution in [2.24, 2.45) is 0 Å². The third-order valence-corrected chi connectivity index (χ3v) is 4.55. The highest BCUT2D eigenvalue weighted by molar-refractivity contribution is 9.10. The largest absolute Gasteiger partial charge is 0.481 e. The van der Waals surface area contributed by atoms with Crippen LogP contribution in [0.2, 0.25) is 0 Å². The van der Waals surface area contributed by atoms with E-state index in [0.29, 0.717) is 13.2 Å². The second-order valence-corrected chi connectivity index (χ2v) is 5.92. The Labute approximate surface area is 128 Å². The lowest BCUT2D eigenvalue weighted by Gasteiger charge is -2.08. The van der Waals surface area contributed by atoms with E-state index in [-0.39, 0.29) is 11.4 Å². The van der Waals surface area contributed by atoms with Crippen LogP contribution in [-0.4, -0.2) is 12.0 Å². The molecule has 0 aliphatic rings. The number of benzene rings is 1. The summed E-state index contributed by atoms with van der Waals surface area (Å²) in [5.41, 5.74) is 0.842. The molecule has 7 heteroatoms. The van der Waals surface area contributed by atoms with Crippen molar-refractivity contribution in [2.45, 2.75) is 13.2 Å². The SMILES string of the molecule is CNCc1ccc(OCc2sccc2Br)c([N+](=O)[O-])c1.